The van der Waals surface area contributed by atoms with Gasteiger partial charge in [-0.25, -0.2) is 13.6 Å². The van der Waals surface area contributed by atoms with Crippen molar-refractivity contribution in [3.63, 3.8) is 0 Å². The average Bonchev–Trinajstić information content (AvgIpc) is 2.94. The second-order valence-electron chi connectivity index (χ2n) is 7.66. The van der Waals surface area contributed by atoms with E-state index in [1.165, 1.54) is 0 Å². The number of carboxylic acids is 1. The first-order valence-corrected chi connectivity index (χ1v) is 9.51. The molecule has 0 saturated carbocycles. The van der Waals surface area contributed by atoms with Gasteiger partial charge in [-0.15, -0.1) is 0 Å². The first kappa shape index (κ1) is 20.1. The molecule has 2 aromatic heterocycles. The molecule has 3 N–H and O–H groups in total. The van der Waals surface area contributed by atoms with Crippen molar-refractivity contribution in [2.45, 2.75) is 25.8 Å². The standard InChI is InChI=1S/C21H21F2N3O4/c1-3-14-17(24-19(28)16(18(14)27)20(29)30)11-4-5-15-12(6-11)7-13(25(15)2)8-26-9-21(22,23)10-26/h4-7H,3,8-10H2,1-2H3,(H,29,30)(H2,24,27,28). The molecule has 1 aliphatic rings. The summed E-state index contributed by atoms with van der Waals surface area (Å²) >= 11 is 0. The predicted molar refractivity (Wildman–Crippen MR) is 107 cm³/mol. The van der Waals surface area contributed by atoms with E-state index in [4.69, 9.17) is 0 Å². The summed E-state index contributed by atoms with van der Waals surface area (Å²) in [5.41, 5.74) is 1.55. The summed E-state index contributed by atoms with van der Waals surface area (Å²) in [4.78, 5) is 27.8. The summed E-state index contributed by atoms with van der Waals surface area (Å²) in [7, 11) is 1.86. The van der Waals surface area contributed by atoms with Crippen LogP contribution in [0, 0.1) is 0 Å². The number of nitrogens with zero attached hydrogens (tertiary/aromatic N) is 2. The quantitative estimate of drug-likeness (QED) is 0.593. The first-order valence-electron chi connectivity index (χ1n) is 9.51. The van der Waals surface area contributed by atoms with E-state index in [-0.39, 0.29) is 13.1 Å². The zero-order valence-corrected chi connectivity index (χ0v) is 16.5. The molecular formula is C21H21F2N3O4. The fourth-order valence-electron chi connectivity index (χ4n) is 4.08. The molecule has 1 aromatic carbocycles. The zero-order chi connectivity index (χ0) is 21.8. The van der Waals surface area contributed by atoms with Gasteiger partial charge in [-0.3, -0.25) is 9.69 Å². The van der Waals surface area contributed by atoms with Crippen molar-refractivity contribution < 1.29 is 23.8 Å². The Labute approximate surface area is 170 Å². The summed E-state index contributed by atoms with van der Waals surface area (Å²) in [5.74, 6) is -4.64. The smallest absolute Gasteiger partial charge is 0.345 e. The van der Waals surface area contributed by atoms with Crippen LogP contribution in [0.2, 0.25) is 0 Å². The summed E-state index contributed by atoms with van der Waals surface area (Å²) in [6.45, 7) is 1.65. The molecule has 0 radical (unpaired) electrons. The molecule has 0 atom stereocenters. The van der Waals surface area contributed by atoms with E-state index in [9.17, 15) is 28.6 Å². The van der Waals surface area contributed by atoms with Gasteiger partial charge in [0.1, 0.15) is 5.75 Å². The molecule has 0 bridgehead atoms. The lowest BCUT2D eigenvalue weighted by Gasteiger charge is -2.38. The van der Waals surface area contributed by atoms with Crippen molar-refractivity contribution in [2.24, 2.45) is 7.05 Å². The van der Waals surface area contributed by atoms with Crippen LogP contribution in [0.3, 0.4) is 0 Å². The number of hydrogen-bond acceptors (Lipinski definition) is 4. The Bertz CT molecular complexity index is 1220. The van der Waals surface area contributed by atoms with Gasteiger partial charge in [-0.05, 0) is 30.2 Å². The number of aromatic hydroxyl groups is 1. The highest BCUT2D eigenvalue weighted by Gasteiger charge is 2.43. The van der Waals surface area contributed by atoms with Crippen molar-refractivity contribution in [1.82, 2.24) is 14.5 Å². The Hall–Kier alpha value is -3.20. The third-order valence-electron chi connectivity index (χ3n) is 5.58. The molecule has 1 fully saturated rings. The summed E-state index contributed by atoms with van der Waals surface area (Å²) in [5, 5.41) is 20.4. The number of fused-ring (bicyclic) bond motifs is 1. The van der Waals surface area contributed by atoms with Crippen LogP contribution >= 0.6 is 0 Å². The number of halogens is 2. The van der Waals surface area contributed by atoms with Crippen LogP contribution in [0.25, 0.3) is 22.2 Å². The highest BCUT2D eigenvalue weighted by Crippen LogP contribution is 2.33. The molecule has 1 aliphatic heterocycles. The lowest BCUT2D eigenvalue weighted by atomic mass is 9.99. The fourth-order valence-corrected chi connectivity index (χ4v) is 4.08. The predicted octanol–water partition coefficient (Wildman–Crippen LogP) is 2.95. The molecule has 0 amide bonds. The third-order valence-corrected chi connectivity index (χ3v) is 5.58. The van der Waals surface area contributed by atoms with Crippen LogP contribution in [0.5, 0.6) is 5.75 Å². The Kier molecular flexibility index (Phi) is 4.65. The number of carboxylic acid groups (broad SMARTS) is 1. The largest absolute Gasteiger partial charge is 0.506 e. The molecule has 3 heterocycles. The molecule has 30 heavy (non-hydrogen) atoms. The molecule has 0 spiro atoms. The lowest BCUT2D eigenvalue weighted by Crippen LogP contribution is -2.55. The minimum Gasteiger partial charge on any atom is -0.506 e. The fraction of sp³-hybridized carbons (Fsp3) is 0.333. The Balaban J connectivity index is 1.76. The number of pyridine rings is 1. The molecule has 7 nitrogen and oxygen atoms in total. The van der Waals surface area contributed by atoms with Gasteiger partial charge in [0.15, 0.2) is 5.56 Å². The first-order chi connectivity index (χ1) is 14.1. The van der Waals surface area contributed by atoms with Crippen molar-refractivity contribution >= 4 is 16.9 Å². The monoisotopic (exact) mass is 417 g/mol. The van der Waals surface area contributed by atoms with Crippen LogP contribution in [0.4, 0.5) is 8.78 Å². The normalized spacial score (nSPS) is 16.0. The van der Waals surface area contributed by atoms with Crippen LogP contribution in [0.1, 0.15) is 28.5 Å². The third kappa shape index (κ3) is 3.24. The van der Waals surface area contributed by atoms with Crippen molar-refractivity contribution in [2.75, 3.05) is 13.1 Å². The topological polar surface area (TPSA) is 98.6 Å². The van der Waals surface area contributed by atoms with Crippen molar-refractivity contribution in [3.05, 3.63) is 51.4 Å². The number of carbonyl (C=O) groups is 1. The zero-order valence-electron chi connectivity index (χ0n) is 16.5. The van der Waals surface area contributed by atoms with Crippen molar-refractivity contribution in [1.29, 1.82) is 0 Å². The number of H-pyrrole nitrogens is 1. The number of aromatic amines is 1. The molecule has 0 unspecified atom stereocenters. The van der Waals surface area contributed by atoms with Gasteiger partial charge < -0.3 is 19.8 Å². The molecule has 9 heteroatoms. The number of aryl methyl sites for hydroxylation is 1. The second kappa shape index (κ2) is 6.94. The van der Waals surface area contributed by atoms with Gasteiger partial charge in [-0.2, -0.15) is 0 Å². The van der Waals surface area contributed by atoms with Gasteiger partial charge in [-0.1, -0.05) is 13.0 Å². The maximum Gasteiger partial charge on any atom is 0.345 e. The lowest BCUT2D eigenvalue weighted by molar-refractivity contribution is -0.134. The summed E-state index contributed by atoms with van der Waals surface area (Å²) < 4.78 is 28.2. The maximum absolute atomic E-state index is 13.1. The van der Waals surface area contributed by atoms with E-state index >= 15 is 0 Å². The SMILES string of the molecule is CCc1c(-c2ccc3c(c2)cc(CN2CC(F)(F)C2)n3C)[nH]c(=O)c(C(=O)O)c1O. The number of aromatic nitrogens is 2. The van der Waals surface area contributed by atoms with Gasteiger partial charge in [0.2, 0.25) is 0 Å². The number of alkyl halides is 2. The average molecular weight is 417 g/mol. The number of rotatable bonds is 5. The number of aromatic carboxylic acids is 1. The number of benzene rings is 1. The molecule has 0 aliphatic carbocycles. The van der Waals surface area contributed by atoms with Crippen LogP contribution < -0.4 is 5.56 Å². The van der Waals surface area contributed by atoms with Crippen LogP contribution in [0.15, 0.2) is 29.1 Å². The number of likely N-dealkylation sites (tertiary alicyclic amines) is 1. The minimum atomic E-state index is -2.62. The molecule has 158 valence electrons. The van der Waals surface area contributed by atoms with E-state index < -0.39 is 28.8 Å². The molecule has 4 rings (SSSR count). The van der Waals surface area contributed by atoms with Crippen LogP contribution in [-0.2, 0) is 20.0 Å². The van der Waals surface area contributed by atoms with Crippen molar-refractivity contribution in [3.8, 4) is 17.0 Å². The van der Waals surface area contributed by atoms with E-state index in [0.717, 1.165) is 16.6 Å². The van der Waals surface area contributed by atoms with E-state index in [2.05, 4.69) is 4.98 Å². The highest BCUT2D eigenvalue weighted by atomic mass is 19.3. The number of nitrogens with one attached hydrogen (secondary N) is 1. The Morgan fingerprint density at radius 3 is 2.57 bits per heavy atom. The summed E-state index contributed by atoms with van der Waals surface area (Å²) in [6, 6.07) is 7.35. The van der Waals surface area contributed by atoms with Gasteiger partial charge in [0.05, 0.1) is 18.8 Å². The van der Waals surface area contributed by atoms with E-state index in [0.29, 0.717) is 29.8 Å². The van der Waals surface area contributed by atoms with Gasteiger partial charge in [0.25, 0.3) is 11.5 Å². The highest BCUT2D eigenvalue weighted by molar-refractivity contribution is 5.92. The van der Waals surface area contributed by atoms with E-state index in [1.807, 2.05) is 29.8 Å². The Morgan fingerprint density at radius 2 is 1.97 bits per heavy atom. The Morgan fingerprint density at radius 1 is 1.27 bits per heavy atom. The molecule has 1 saturated heterocycles. The number of hydrogen-bond donors (Lipinski definition) is 3. The molecule has 3 aromatic rings. The summed E-state index contributed by atoms with van der Waals surface area (Å²) in [6.07, 6.45) is 0.319. The second-order valence-corrected chi connectivity index (χ2v) is 7.66. The maximum atomic E-state index is 13.1. The molecular weight excluding hydrogens is 396 g/mol. The van der Waals surface area contributed by atoms with Gasteiger partial charge in [0, 0.05) is 35.8 Å². The van der Waals surface area contributed by atoms with Gasteiger partial charge >= 0.3 is 5.97 Å². The van der Waals surface area contributed by atoms with E-state index in [1.54, 1.807) is 17.9 Å². The minimum absolute atomic E-state index is 0.254. The van der Waals surface area contributed by atoms with Crippen LogP contribution in [-0.4, -0.2) is 49.6 Å².